The van der Waals surface area contributed by atoms with Crippen molar-refractivity contribution in [3.63, 3.8) is 0 Å². The minimum atomic E-state index is -4.94. The van der Waals surface area contributed by atoms with Gasteiger partial charge in [0.05, 0.1) is 0 Å². The van der Waals surface area contributed by atoms with Gasteiger partial charge in [0.15, 0.2) is 0 Å². The maximum atomic E-state index is 8.49. The van der Waals surface area contributed by atoms with Crippen molar-refractivity contribution in [3.05, 3.63) is 0 Å². The number of rotatable bonds is 2. The van der Waals surface area contributed by atoms with Crippen LogP contribution in [0.1, 0.15) is 32.6 Å². The van der Waals surface area contributed by atoms with Gasteiger partial charge in [-0.1, -0.05) is 6.92 Å². The lowest BCUT2D eigenvalue weighted by molar-refractivity contribution is -2.00. The van der Waals surface area contributed by atoms with E-state index >= 15 is 0 Å². The third-order valence-electron chi connectivity index (χ3n) is 2.29. The van der Waals surface area contributed by atoms with Crippen LogP contribution in [0.4, 0.5) is 0 Å². The molecule has 98 valence electrons. The fourth-order valence-corrected chi connectivity index (χ4v) is 2.33. The first-order valence-corrected chi connectivity index (χ1v) is 8.25. The molecule has 0 radical (unpaired) electrons. The lowest BCUT2D eigenvalue weighted by atomic mass is 9.89. The van der Waals surface area contributed by atoms with Crippen molar-refractivity contribution in [1.82, 2.24) is 0 Å². The summed E-state index contributed by atoms with van der Waals surface area (Å²) < 4.78 is 39.7. The topological polar surface area (TPSA) is 101 Å². The lowest BCUT2D eigenvalue weighted by Crippen LogP contribution is -2.68. The molecule has 1 aliphatic carbocycles. The van der Waals surface area contributed by atoms with E-state index in [1.807, 2.05) is 0 Å². The highest BCUT2D eigenvalue weighted by Crippen LogP contribution is 2.26. The first-order valence-electron chi connectivity index (χ1n) is 5.05. The van der Waals surface area contributed by atoms with Crippen LogP contribution in [0.25, 0.3) is 0 Å². The highest BCUT2D eigenvalue weighted by Gasteiger charge is 2.23. The summed E-state index contributed by atoms with van der Waals surface area (Å²) in [6, 6.07) is 0. The van der Waals surface area contributed by atoms with E-state index in [1.165, 1.54) is 25.7 Å². The molecule has 0 unspecified atom stereocenters. The van der Waals surface area contributed by atoms with Gasteiger partial charge in [0.25, 0.3) is 0 Å². The van der Waals surface area contributed by atoms with Crippen molar-refractivity contribution in [2.75, 3.05) is 12.5 Å². The molecule has 1 saturated carbocycles. The Hall–Kier alpha value is 0.440. The molecular formula is C9H19ClO5S. The first kappa shape index (κ1) is 16.4. The fourth-order valence-electron chi connectivity index (χ4n) is 1.60. The predicted molar refractivity (Wildman–Crippen MR) is 51.7 cm³/mol. The molecule has 1 aliphatic rings. The Morgan fingerprint density at radius 3 is 1.69 bits per heavy atom. The average Bonchev–Trinajstić information content (AvgIpc) is 2.05. The van der Waals surface area contributed by atoms with E-state index in [-0.39, 0.29) is 11.2 Å². The Labute approximate surface area is 102 Å². The molecule has 0 aromatic rings. The van der Waals surface area contributed by atoms with Gasteiger partial charge in [0.1, 0.15) is 29.8 Å². The molecule has 0 aliphatic heterocycles. The molecule has 1 fully saturated rings. The Kier molecular flexibility index (Phi) is 7.92. The van der Waals surface area contributed by atoms with Gasteiger partial charge in [-0.25, -0.2) is 18.6 Å². The van der Waals surface area contributed by atoms with E-state index in [0.717, 1.165) is 5.92 Å². The molecule has 0 atom stereocenters. The second kappa shape index (κ2) is 7.71. The highest BCUT2D eigenvalue weighted by atomic mass is 35.7. The molecule has 0 bridgehead atoms. The molecular weight excluding hydrogens is 256 g/mol. The Bertz CT molecular complexity index is 171. The van der Waals surface area contributed by atoms with Crippen LogP contribution in [0.15, 0.2) is 0 Å². The van der Waals surface area contributed by atoms with E-state index in [4.69, 9.17) is 22.8 Å². The van der Waals surface area contributed by atoms with Crippen LogP contribution >= 0.6 is 0 Å². The maximum absolute atomic E-state index is 8.49. The molecule has 16 heavy (non-hydrogen) atoms. The molecule has 0 saturated heterocycles. The molecule has 0 aromatic heterocycles. The van der Waals surface area contributed by atoms with Gasteiger partial charge in [-0.2, -0.15) is 4.18 Å². The van der Waals surface area contributed by atoms with E-state index in [1.54, 1.807) is 0 Å². The monoisotopic (exact) mass is 274 g/mol. The molecule has 1 rings (SSSR count). The Morgan fingerprint density at radius 2 is 1.38 bits per heavy atom. The summed E-state index contributed by atoms with van der Waals surface area (Å²) in [5.74, 6) is 0.936. The van der Waals surface area contributed by atoms with E-state index in [2.05, 4.69) is 19.4 Å². The quantitative estimate of drug-likeness (QED) is 0.523. The first-order chi connectivity index (χ1) is 7.18. The van der Waals surface area contributed by atoms with Gasteiger partial charge in [-0.15, -0.1) is 10.2 Å². The molecule has 5 nitrogen and oxygen atoms in total. The van der Waals surface area contributed by atoms with Crippen LogP contribution in [0.3, 0.4) is 0 Å². The zero-order chi connectivity index (χ0) is 12.8. The second-order valence-corrected chi connectivity index (χ2v) is 6.53. The van der Waals surface area contributed by atoms with Crippen LogP contribution in [0.5, 0.6) is 0 Å². The zero-order valence-corrected chi connectivity index (χ0v) is 11.4. The van der Waals surface area contributed by atoms with Crippen LogP contribution < -0.4 is 18.6 Å². The van der Waals surface area contributed by atoms with Crippen molar-refractivity contribution in [3.8, 4) is 0 Å². The smallest absolute Gasteiger partial charge is 0.141 e. The van der Waals surface area contributed by atoms with Gasteiger partial charge in [0.2, 0.25) is 0 Å². The fraction of sp³-hybridized carbons (Fsp3) is 1.00. The van der Waals surface area contributed by atoms with Gasteiger partial charge in [-0.05, 0) is 31.6 Å². The normalized spacial score (nSPS) is 26.2. The predicted octanol–water partition coefficient (Wildman–Crippen LogP) is -2.38. The Morgan fingerprint density at radius 1 is 1.00 bits per heavy atom. The SMILES string of the molecule is CC1CCC(O[S+](C)C)CC1.[O-][Cl+3]([O-])([O-])[O-]. The largest absolute Gasteiger partial charge is 0.222 e. The van der Waals surface area contributed by atoms with Crippen LogP contribution in [0.2, 0.25) is 0 Å². The molecule has 0 amide bonds. The second-order valence-electron chi connectivity index (χ2n) is 4.10. The summed E-state index contributed by atoms with van der Waals surface area (Å²) in [7, 11) is -4.94. The van der Waals surface area contributed by atoms with Gasteiger partial charge in [0, 0.05) is 0 Å². The average molecular weight is 275 g/mol. The number of halogens is 1. The third kappa shape index (κ3) is 12.5. The summed E-state index contributed by atoms with van der Waals surface area (Å²) in [5, 5.41) is 0. The van der Waals surface area contributed by atoms with Crippen molar-refractivity contribution in [2.45, 2.75) is 38.7 Å². The number of hydrogen-bond donors (Lipinski definition) is 0. The van der Waals surface area contributed by atoms with Crippen molar-refractivity contribution in [1.29, 1.82) is 0 Å². The van der Waals surface area contributed by atoms with Crippen molar-refractivity contribution in [2.24, 2.45) is 5.92 Å². The molecule has 0 spiro atoms. The van der Waals surface area contributed by atoms with Crippen molar-refractivity contribution < 1.29 is 33.1 Å². The standard InChI is InChI=1S/C9H19OS.ClHO4/c1-8-4-6-9(7-5-8)10-11(2)3;2-1(3,4)5/h8-9H,4-7H2,1-3H3;(H,2,3,4,5)/q+1;/p-1. The van der Waals surface area contributed by atoms with Gasteiger partial charge in [-0.3, -0.25) is 0 Å². The minimum absolute atomic E-state index is 0.176. The van der Waals surface area contributed by atoms with E-state index < -0.39 is 10.2 Å². The zero-order valence-electron chi connectivity index (χ0n) is 9.81. The molecule has 0 aromatic carbocycles. The van der Waals surface area contributed by atoms with Crippen LogP contribution in [-0.4, -0.2) is 18.6 Å². The summed E-state index contributed by atoms with van der Waals surface area (Å²) in [5.41, 5.74) is 0. The van der Waals surface area contributed by atoms with Gasteiger partial charge >= 0.3 is 0 Å². The highest BCUT2D eigenvalue weighted by molar-refractivity contribution is 7.90. The van der Waals surface area contributed by atoms with Crippen LogP contribution in [0, 0.1) is 16.2 Å². The summed E-state index contributed by atoms with van der Waals surface area (Å²) in [6.45, 7) is 2.34. The minimum Gasteiger partial charge on any atom is -0.222 e. The summed E-state index contributed by atoms with van der Waals surface area (Å²) >= 11 is 0.176. The van der Waals surface area contributed by atoms with Gasteiger partial charge < -0.3 is 0 Å². The maximum Gasteiger partial charge on any atom is 0.141 e. The third-order valence-corrected chi connectivity index (χ3v) is 2.95. The summed E-state index contributed by atoms with van der Waals surface area (Å²) in [4.78, 5) is 0. The Balaban J connectivity index is 0.000000385. The molecule has 0 N–H and O–H groups in total. The van der Waals surface area contributed by atoms with Crippen LogP contribution in [-0.2, 0) is 15.4 Å². The van der Waals surface area contributed by atoms with Crippen molar-refractivity contribution >= 4 is 11.2 Å². The summed E-state index contributed by atoms with van der Waals surface area (Å²) in [6.07, 6.45) is 10.2. The lowest BCUT2D eigenvalue weighted by Gasteiger charge is -2.23. The number of hydrogen-bond acceptors (Lipinski definition) is 5. The van der Waals surface area contributed by atoms with E-state index in [0.29, 0.717) is 6.10 Å². The molecule has 0 heterocycles. The molecule has 7 heteroatoms. The van der Waals surface area contributed by atoms with E-state index in [9.17, 15) is 0 Å².